The van der Waals surface area contributed by atoms with Crippen molar-refractivity contribution in [3.63, 3.8) is 0 Å². The maximum absolute atomic E-state index is 12.6. The molecule has 36 heavy (non-hydrogen) atoms. The number of urea groups is 1. The summed E-state index contributed by atoms with van der Waals surface area (Å²) in [5, 5.41) is 41.8. The van der Waals surface area contributed by atoms with Crippen LogP contribution in [0.15, 0.2) is 0 Å². The van der Waals surface area contributed by atoms with Crippen molar-refractivity contribution in [2.75, 3.05) is 19.0 Å². The van der Waals surface area contributed by atoms with Crippen molar-refractivity contribution in [2.24, 2.45) is 0 Å². The summed E-state index contributed by atoms with van der Waals surface area (Å²) in [7, 11) is 0. The Morgan fingerprint density at radius 1 is 1.11 bits per heavy atom. The lowest BCUT2D eigenvalue weighted by Crippen LogP contribution is -2.88. The van der Waals surface area contributed by atoms with Crippen LogP contribution in [0.2, 0.25) is 0 Å². The fraction of sp³-hybridized carbons (Fsp3) is 0.875. The highest BCUT2D eigenvalue weighted by atomic mass is 32.2. The lowest BCUT2D eigenvalue weighted by molar-refractivity contribution is -0.372. The summed E-state index contributed by atoms with van der Waals surface area (Å²) in [6, 6.07) is 0.158. The third kappa shape index (κ3) is 4.70. The van der Waals surface area contributed by atoms with Crippen molar-refractivity contribution in [2.45, 2.75) is 113 Å². The Morgan fingerprint density at radius 2 is 1.78 bits per heavy atom. The first-order valence-corrected chi connectivity index (χ1v) is 13.5. The lowest BCUT2D eigenvalue weighted by atomic mass is 9.56. The van der Waals surface area contributed by atoms with E-state index in [-0.39, 0.29) is 31.1 Å². The Morgan fingerprint density at radius 3 is 2.39 bits per heavy atom. The van der Waals surface area contributed by atoms with Gasteiger partial charge in [0.15, 0.2) is 0 Å². The van der Waals surface area contributed by atoms with Gasteiger partial charge in [-0.2, -0.15) is 11.8 Å². The molecule has 0 radical (unpaired) electrons. The number of unbranched alkanes of at least 4 members (excludes halogenated alkanes) is 1. The fourth-order valence-corrected chi connectivity index (χ4v) is 7.27. The van der Waals surface area contributed by atoms with E-state index in [0.29, 0.717) is 11.7 Å². The molecule has 8 atom stereocenters. The Balaban J connectivity index is 1.61. The molecule has 0 aromatic heterocycles. The normalized spacial score (nSPS) is 43.9. The second-order valence-electron chi connectivity index (χ2n) is 11.2. The van der Waals surface area contributed by atoms with Crippen molar-refractivity contribution in [1.82, 2.24) is 16.0 Å². The van der Waals surface area contributed by atoms with Gasteiger partial charge in [-0.05, 0) is 47.5 Å². The molecule has 3 aliphatic heterocycles. The molecule has 0 aliphatic carbocycles. The van der Waals surface area contributed by atoms with E-state index in [1.165, 1.54) is 34.6 Å². The highest BCUT2D eigenvalue weighted by Gasteiger charge is 2.74. The molecule has 3 heterocycles. The van der Waals surface area contributed by atoms with Crippen LogP contribution >= 0.6 is 11.8 Å². The number of thioether (sulfide) groups is 1. The quantitative estimate of drug-likeness (QED) is 0.138. The topological polar surface area (TPSA) is 166 Å². The predicted octanol–water partition coefficient (Wildman–Crippen LogP) is 0.192. The van der Waals surface area contributed by atoms with Crippen LogP contribution in [0.3, 0.4) is 0 Å². The summed E-state index contributed by atoms with van der Waals surface area (Å²) in [5.41, 5.74) is -8.64. The van der Waals surface area contributed by atoms with Crippen LogP contribution < -0.4 is 16.0 Å². The van der Waals surface area contributed by atoms with Crippen molar-refractivity contribution in [3.05, 3.63) is 0 Å². The van der Waals surface area contributed by atoms with Gasteiger partial charge in [0.25, 0.3) is 0 Å². The van der Waals surface area contributed by atoms with Gasteiger partial charge in [0.2, 0.25) is 5.91 Å². The van der Waals surface area contributed by atoms with Crippen LogP contribution in [0.4, 0.5) is 4.79 Å². The van der Waals surface area contributed by atoms with E-state index in [0.717, 1.165) is 18.6 Å². The Labute approximate surface area is 216 Å². The Bertz CT molecular complexity index is 885. The van der Waals surface area contributed by atoms with Crippen LogP contribution in [-0.4, -0.2) is 97.5 Å². The molecule has 0 aromatic rings. The molecule has 12 heteroatoms. The van der Waals surface area contributed by atoms with Gasteiger partial charge in [0, 0.05) is 24.3 Å². The number of fused-ring (bicyclic) bond motifs is 1. The molecule has 3 unspecified atom stereocenters. The molecule has 3 saturated heterocycles. The minimum Gasteiger partial charge on any atom is -0.463 e. The van der Waals surface area contributed by atoms with E-state index in [2.05, 4.69) is 16.0 Å². The van der Waals surface area contributed by atoms with E-state index >= 15 is 0 Å². The van der Waals surface area contributed by atoms with Gasteiger partial charge >= 0.3 is 12.0 Å². The molecular formula is C24H41N3O8S. The van der Waals surface area contributed by atoms with Crippen molar-refractivity contribution in [3.8, 4) is 0 Å². The van der Waals surface area contributed by atoms with Gasteiger partial charge in [-0.15, -0.1) is 0 Å². The third-order valence-electron chi connectivity index (χ3n) is 8.75. The number of hydrogen-bond acceptors (Lipinski definition) is 9. The molecule has 0 spiro atoms. The number of carbonyl (C=O) groups excluding carboxylic acids is 3. The molecule has 11 nitrogen and oxygen atoms in total. The zero-order valence-corrected chi connectivity index (χ0v) is 22.8. The number of ether oxygens (including phenoxy) is 2. The number of nitrogens with one attached hydrogen (secondary N) is 3. The number of esters is 1. The molecule has 0 saturated carbocycles. The molecule has 3 aliphatic rings. The smallest absolute Gasteiger partial charge is 0.315 e. The van der Waals surface area contributed by atoms with Crippen LogP contribution in [0.5, 0.6) is 0 Å². The summed E-state index contributed by atoms with van der Waals surface area (Å²) in [6.45, 7) is 7.61. The first kappa shape index (κ1) is 29.0. The van der Waals surface area contributed by atoms with Crippen molar-refractivity contribution >= 4 is 29.7 Å². The van der Waals surface area contributed by atoms with Gasteiger partial charge in [-0.25, -0.2) is 4.79 Å². The van der Waals surface area contributed by atoms with Gasteiger partial charge in [0.1, 0.15) is 34.6 Å². The van der Waals surface area contributed by atoms with Crippen molar-refractivity contribution in [1.29, 1.82) is 0 Å². The van der Waals surface area contributed by atoms with E-state index in [1.807, 2.05) is 11.8 Å². The monoisotopic (exact) mass is 531 g/mol. The van der Waals surface area contributed by atoms with Gasteiger partial charge in [-0.3, -0.25) is 9.59 Å². The average molecular weight is 532 g/mol. The van der Waals surface area contributed by atoms with E-state index in [4.69, 9.17) is 9.47 Å². The van der Waals surface area contributed by atoms with Crippen LogP contribution in [0.1, 0.15) is 67.2 Å². The molecule has 6 N–H and O–H groups in total. The van der Waals surface area contributed by atoms with E-state index in [9.17, 15) is 29.7 Å². The van der Waals surface area contributed by atoms with Gasteiger partial charge < -0.3 is 40.7 Å². The number of aliphatic hydroxyl groups excluding tert-OH is 1. The molecule has 206 valence electrons. The largest absolute Gasteiger partial charge is 0.463 e. The van der Waals surface area contributed by atoms with Crippen LogP contribution in [0, 0.1) is 0 Å². The van der Waals surface area contributed by atoms with Crippen molar-refractivity contribution < 1.29 is 39.2 Å². The SMILES string of the molecule is CC(=O)NC1(C)[C@](C)(O)[C@](C)(O)C(C)(CO)O[C@@]1(C)COC(=O)CCCCC1SC[C@@H]2NC(=O)N[C@H]12. The molecule has 3 amide bonds. The number of aliphatic hydroxyl groups is 3. The summed E-state index contributed by atoms with van der Waals surface area (Å²) >= 11 is 1.82. The molecule has 0 aromatic carbocycles. The number of carbonyl (C=O) groups is 3. The van der Waals surface area contributed by atoms with Gasteiger partial charge in [-0.1, -0.05) is 6.42 Å². The minimum atomic E-state index is -1.98. The second kappa shape index (κ2) is 9.94. The first-order valence-electron chi connectivity index (χ1n) is 12.4. The fourth-order valence-electron chi connectivity index (χ4n) is 5.73. The maximum atomic E-state index is 12.6. The molecular weight excluding hydrogens is 490 g/mol. The van der Waals surface area contributed by atoms with Crippen LogP contribution in [-0.2, 0) is 19.1 Å². The molecule has 0 bridgehead atoms. The second-order valence-corrected chi connectivity index (χ2v) is 12.5. The minimum absolute atomic E-state index is 0.121. The number of rotatable bonds is 9. The highest BCUT2D eigenvalue weighted by molar-refractivity contribution is 8.00. The highest BCUT2D eigenvalue weighted by Crippen LogP contribution is 2.53. The summed E-state index contributed by atoms with van der Waals surface area (Å²) < 4.78 is 11.7. The zero-order chi connectivity index (χ0) is 27.2. The number of hydrogen-bond donors (Lipinski definition) is 6. The maximum Gasteiger partial charge on any atom is 0.315 e. The standard InChI is InChI=1S/C24H41N3O8S/c1-14(29)27-22(4)21(3,35-20(2,12-28)23(5,32)24(22,6)33)13-34-17(30)10-8-7-9-16-18-15(11-36-16)25-19(31)26-18/h15-16,18,28,32-33H,7-13H2,1-6H3,(H,27,29)(H2,25,26,31)/t15-,16?,18-,20?,21-,22?,23+,24-/m0/s1. The molecule has 3 rings (SSSR count). The zero-order valence-electron chi connectivity index (χ0n) is 22.0. The first-order chi connectivity index (χ1) is 16.5. The summed E-state index contributed by atoms with van der Waals surface area (Å²) in [6.07, 6.45) is 2.45. The third-order valence-corrected chi connectivity index (χ3v) is 10.3. The summed E-state index contributed by atoms with van der Waals surface area (Å²) in [5.74, 6) is -0.0472. The molecule has 3 fully saturated rings. The van der Waals surface area contributed by atoms with E-state index < -0.39 is 46.4 Å². The average Bonchev–Trinajstić information content (AvgIpc) is 3.32. The Hall–Kier alpha value is -1.60. The van der Waals surface area contributed by atoms with Gasteiger partial charge in [0.05, 0.1) is 18.7 Å². The number of amides is 3. The Kier molecular flexibility index (Phi) is 7.99. The van der Waals surface area contributed by atoms with E-state index in [1.54, 1.807) is 6.92 Å². The predicted molar refractivity (Wildman–Crippen MR) is 133 cm³/mol. The van der Waals surface area contributed by atoms with Crippen LogP contribution in [0.25, 0.3) is 0 Å². The summed E-state index contributed by atoms with van der Waals surface area (Å²) in [4.78, 5) is 36.2. The lowest BCUT2D eigenvalue weighted by Gasteiger charge is -2.67.